The lowest BCUT2D eigenvalue weighted by Crippen LogP contribution is -2.36. The number of aliphatic carboxylic acids is 1. The van der Waals surface area contributed by atoms with Gasteiger partial charge in [0, 0.05) is 24.9 Å². The zero-order chi connectivity index (χ0) is 17.5. The number of rotatable bonds is 4. The lowest BCUT2D eigenvalue weighted by Gasteiger charge is -2.19. The summed E-state index contributed by atoms with van der Waals surface area (Å²) in [5, 5.41) is 23.8. The Balaban J connectivity index is 1.81. The van der Waals surface area contributed by atoms with Gasteiger partial charge in [0.25, 0.3) is 5.91 Å². The first kappa shape index (κ1) is 15.7. The van der Waals surface area contributed by atoms with Crippen molar-refractivity contribution in [2.24, 2.45) is 7.05 Å². The van der Waals surface area contributed by atoms with Crippen LogP contribution < -0.4 is 5.32 Å². The lowest BCUT2D eigenvalue weighted by atomic mass is 10.1. The van der Waals surface area contributed by atoms with Gasteiger partial charge in [0.2, 0.25) is 0 Å². The van der Waals surface area contributed by atoms with Crippen molar-refractivity contribution in [1.82, 2.24) is 24.8 Å². The van der Waals surface area contributed by atoms with E-state index < -0.39 is 11.5 Å². The van der Waals surface area contributed by atoms with E-state index in [0.717, 1.165) is 5.52 Å². The molecule has 3 aromatic rings. The zero-order valence-corrected chi connectivity index (χ0v) is 13.4. The highest BCUT2D eigenvalue weighted by Gasteiger charge is 2.30. The molecular weight excluding hydrogens is 312 g/mol. The fourth-order valence-corrected chi connectivity index (χ4v) is 2.17. The Morgan fingerprint density at radius 3 is 2.71 bits per heavy atom. The van der Waals surface area contributed by atoms with Gasteiger partial charge in [0.05, 0.1) is 5.52 Å². The average Bonchev–Trinajstić information content (AvgIpc) is 3.14. The van der Waals surface area contributed by atoms with Crippen molar-refractivity contribution < 1.29 is 14.7 Å². The third-order valence-electron chi connectivity index (χ3n) is 3.80. The summed E-state index contributed by atoms with van der Waals surface area (Å²) >= 11 is 0. The molecule has 9 nitrogen and oxygen atoms in total. The number of hydrogen-bond acceptors (Lipinski definition) is 5. The number of carboxylic acid groups (broad SMARTS) is 1. The summed E-state index contributed by atoms with van der Waals surface area (Å²) in [7, 11) is 1.77. The topological polar surface area (TPSA) is 115 Å². The van der Waals surface area contributed by atoms with Crippen molar-refractivity contribution in [1.29, 1.82) is 0 Å². The molecule has 2 N–H and O–H groups in total. The SMILES string of the molecule is Cn1nnc2cc(C(=O)Nc3ccn(C(C)(C)C(=O)O)n3)ccc21. The molecule has 0 aliphatic carbocycles. The summed E-state index contributed by atoms with van der Waals surface area (Å²) in [6.07, 6.45) is 1.51. The van der Waals surface area contributed by atoms with Crippen LogP contribution in [-0.4, -0.2) is 41.8 Å². The van der Waals surface area contributed by atoms with E-state index in [0.29, 0.717) is 11.1 Å². The molecule has 0 saturated heterocycles. The third-order valence-corrected chi connectivity index (χ3v) is 3.80. The molecule has 1 amide bonds. The van der Waals surface area contributed by atoms with Crippen molar-refractivity contribution in [2.45, 2.75) is 19.4 Å². The number of carboxylic acids is 1. The molecule has 2 aromatic heterocycles. The van der Waals surface area contributed by atoms with E-state index in [9.17, 15) is 14.7 Å². The molecule has 1 aromatic carbocycles. The highest BCUT2D eigenvalue weighted by atomic mass is 16.4. The molecule has 24 heavy (non-hydrogen) atoms. The van der Waals surface area contributed by atoms with Gasteiger partial charge in [-0.25, -0.2) is 9.48 Å². The maximum Gasteiger partial charge on any atom is 0.331 e. The largest absolute Gasteiger partial charge is 0.479 e. The Morgan fingerprint density at radius 1 is 1.25 bits per heavy atom. The molecule has 0 radical (unpaired) electrons. The molecule has 0 aliphatic rings. The molecular formula is C15H16N6O3. The van der Waals surface area contributed by atoms with Gasteiger partial charge in [-0.3, -0.25) is 9.48 Å². The highest BCUT2D eigenvalue weighted by molar-refractivity contribution is 6.05. The van der Waals surface area contributed by atoms with Crippen molar-refractivity contribution in [3.63, 3.8) is 0 Å². The van der Waals surface area contributed by atoms with Gasteiger partial charge in [-0.1, -0.05) is 5.21 Å². The average molecular weight is 328 g/mol. The number of aromatic nitrogens is 5. The Kier molecular flexibility index (Phi) is 3.55. The van der Waals surface area contributed by atoms with Crippen LogP contribution >= 0.6 is 0 Å². The van der Waals surface area contributed by atoms with Crippen molar-refractivity contribution in [2.75, 3.05) is 5.32 Å². The summed E-state index contributed by atoms with van der Waals surface area (Å²) in [5.41, 5.74) is 0.637. The van der Waals surface area contributed by atoms with Crippen LogP contribution in [0.5, 0.6) is 0 Å². The predicted molar refractivity (Wildman–Crippen MR) is 85.6 cm³/mol. The molecule has 0 unspecified atom stereocenters. The summed E-state index contributed by atoms with van der Waals surface area (Å²) in [5.74, 6) is -1.11. The van der Waals surface area contributed by atoms with Gasteiger partial charge in [0.15, 0.2) is 11.4 Å². The van der Waals surface area contributed by atoms with E-state index >= 15 is 0 Å². The van der Waals surface area contributed by atoms with Crippen LogP contribution in [0, 0.1) is 0 Å². The molecule has 124 valence electrons. The van der Waals surface area contributed by atoms with Gasteiger partial charge < -0.3 is 10.4 Å². The molecule has 0 atom stereocenters. The summed E-state index contributed by atoms with van der Waals surface area (Å²) < 4.78 is 2.91. The second-order valence-corrected chi connectivity index (χ2v) is 5.88. The van der Waals surface area contributed by atoms with Crippen molar-refractivity contribution in [3.05, 3.63) is 36.0 Å². The Labute approximate surface area is 136 Å². The number of hydrogen-bond donors (Lipinski definition) is 2. The minimum absolute atomic E-state index is 0.272. The van der Waals surface area contributed by atoms with Crippen LogP contribution in [0.1, 0.15) is 24.2 Å². The normalized spacial score (nSPS) is 11.6. The number of nitrogens with one attached hydrogen (secondary N) is 1. The van der Waals surface area contributed by atoms with Gasteiger partial charge in [-0.05, 0) is 32.0 Å². The summed E-state index contributed by atoms with van der Waals surface area (Å²) in [6.45, 7) is 3.05. The number of anilines is 1. The van der Waals surface area contributed by atoms with E-state index in [1.165, 1.54) is 24.7 Å². The predicted octanol–water partition coefficient (Wildman–Crippen LogP) is 1.24. The minimum atomic E-state index is -1.21. The highest BCUT2D eigenvalue weighted by Crippen LogP contribution is 2.18. The fourth-order valence-electron chi connectivity index (χ4n) is 2.17. The van der Waals surface area contributed by atoms with E-state index in [-0.39, 0.29) is 11.7 Å². The van der Waals surface area contributed by atoms with Gasteiger partial charge in [0.1, 0.15) is 5.52 Å². The smallest absolute Gasteiger partial charge is 0.331 e. The second kappa shape index (κ2) is 5.44. The second-order valence-electron chi connectivity index (χ2n) is 5.88. The first-order valence-corrected chi connectivity index (χ1v) is 7.19. The molecule has 0 aliphatic heterocycles. The maximum absolute atomic E-state index is 12.3. The number of fused-ring (bicyclic) bond motifs is 1. The van der Waals surface area contributed by atoms with E-state index in [1.54, 1.807) is 36.0 Å². The standard InChI is InChI=1S/C15H16N6O3/c1-15(2,14(23)24)21-7-6-12(18-21)16-13(22)9-4-5-11-10(8-9)17-19-20(11)3/h4-8H,1-3H3,(H,23,24)(H,16,18,22). The van der Waals surface area contributed by atoms with Gasteiger partial charge in [-0.15, -0.1) is 5.10 Å². The first-order valence-electron chi connectivity index (χ1n) is 7.19. The Hall–Kier alpha value is -3.23. The fraction of sp³-hybridized carbons (Fsp3) is 0.267. The van der Waals surface area contributed by atoms with Crippen molar-refractivity contribution in [3.8, 4) is 0 Å². The molecule has 0 spiro atoms. The molecule has 9 heteroatoms. The van der Waals surface area contributed by atoms with E-state index in [1.807, 2.05) is 0 Å². The number of benzene rings is 1. The molecule has 0 fully saturated rings. The van der Waals surface area contributed by atoms with Gasteiger partial charge >= 0.3 is 5.97 Å². The van der Waals surface area contributed by atoms with Crippen LogP contribution in [0.2, 0.25) is 0 Å². The third kappa shape index (κ3) is 2.60. The number of carbonyl (C=O) groups excluding carboxylic acids is 1. The quantitative estimate of drug-likeness (QED) is 0.744. The van der Waals surface area contributed by atoms with Gasteiger partial charge in [-0.2, -0.15) is 5.10 Å². The number of amides is 1. The molecule has 0 bridgehead atoms. The van der Waals surface area contributed by atoms with Crippen molar-refractivity contribution >= 4 is 28.7 Å². The summed E-state index contributed by atoms with van der Waals surface area (Å²) in [6, 6.07) is 6.61. The summed E-state index contributed by atoms with van der Waals surface area (Å²) in [4.78, 5) is 23.6. The van der Waals surface area contributed by atoms with Crippen LogP contribution in [0.4, 0.5) is 5.82 Å². The van der Waals surface area contributed by atoms with E-state index in [4.69, 9.17) is 0 Å². The number of carbonyl (C=O) groups is 2. The zero-order valence-electron chi connectivity index (χ0n) is 13.4. The van der Waals surface area contributed by atoms with Crippen LogP contribution in [-0.2, 0) is 17.4 Å². The van der Waals surface area contributed by atoms with Crippen LogP contribution in [0.15, 0.2) is 30.5 Å². The molecule has 0 saturated carbocycles. The minimum Gasteiger partial charge on any atom is -0.479 e. The number of aryl methyl sites for hydroxylation is 1. The Bertz CT molecular complexity index is 940. The van der Waals surface area contributed by atoms with Crippen LogP contribution in [0.25, 0.3) is 11.0 Å². The Morgan fingerprint density at radius 2 is 2.00 bits per heavy atom. The maximum atomic E-state index is 12.3. The monoisotopic (exact) mass is 328 g/mol. The molecule has 3 rings (SSSR count). The van der Waals surface area contributed by atoms with Crippen LogP contribution in [0.3, 0.4) is 0 Å². The lowest BCUT2D eigenvalue weighted by molar-refractivity contribution is -0.146. The first-order chi connectivity index (χ1) is 11.3. The molecule has 2 heterocycles. The number of nitrogens with zero attached hydrogens (tertiary/aromatic N) is 5. The van der Waals surface area contributed by atoms with E-state index in [2.05, 4.69) is 20.7 Å².